The van der Waals surface area contributed by atoms with Crippen LogP contribution in [0.15, 0.2) is 57.9 Å². The summed E-state index contributed by atoms with van der Waals surface area (Å²) in [5, 5.41) is 2.87. The van der Waals surface area contributed by atoms with Gasteiger partial charge in [0.1, 0.15) is 6.54 Å². The summed E-state index contributed by atoms with van der Waals surface area (Å²) in [5.41, 5.74) is 1.41. The standard InChI is InChI=1S/C20H25BrN2O3S/c1-4-5-16(3)22-20(24)14-23(18-10-8-17(21)9-11-18)27(25,26)19-12-6-15(2)7-13-19/h6-13,16H,4-5,14H2,1-3H3,(H,22,24)/t16-/m1/s1. The normalized spacial score (nSPS) is 12.4. The van der Waals surface area contributed by atoms with Crippen LogP contribution < -0.4 is 9.62 Å². The van der Waals surface area contributed by atoms with Crippen LogP contribution in [-0.2, 0) is 14.8 Å². The Hall–Kier alpha value is -1.86. The number of hydrogen-bond donors (Lipinski definition) is 1. The maximum atomic E-state index is 13.2. The zero-order valence-electron chi connectivity index (χ0n) is 15.8. The van der Waals surface area contributed by atoms with E-state index in [1.165, 1.54) is 0 Å². The van der Waals surface area contributed by atoms with Crippen molar-refractivity contribution in [3.05, 3.63) is 58.6 Å². The van der Waals surface area contributed by atoms with Gasteiger partial charge >= 0.3 is 0 Å². The lowest BCUT2D eigenvalue weighted by Gasteiger charge is -2.25. The first kappa shape index (κ1) is 21.4. The number of nitrogens with one attached hydrogen (secondary N) is 1. The van der Waals surface area contributed by atoms with Crippen molar-refractivity contribution in [3.63, 3.8) is 0 Å². The van der Waals surface area contributed by atoms with E-state index in [4.69, 9.17) is 0 Å². The second-order valence-electron chi connectivity index (χ2n) is 6.56. The van der Waals surface area contributed by atoms with Gasteiger partial charge < -0.3 is 5.32 Å². The highest BCUT2D eigenvalue weighted by atomic mass is 79.9. The number of carbonyl (C=O) groups excluding carboxylic acids is 1. The minimum atomic E-state index is -3.87. The SMILES string of the molecule is CCC[C@@H](C)NC(=O)CN(c1ccc(Br)cc1)S(=O)(=O)c1ccc(C)cc1. The van der Waals surface area contributed by atoms with E-state index in [-0.39, 0.29) is 23.4 Å². The van der Waals surface area contributed by atoms with Crippen LogP contribution in [-0.4, -0.2) is 26.9 Å². The van der Waals surface area contributed by atoms with Gasteiger partial charge in [-0.1, -0.05) is 47.0 Å². The average Bonchev–Trinajstić information content (AvgIpc) is 2.61. The van der Waals surface area contributed by atoms with E-state index in [9.17, 15) is 13.2 Å². The van der Waals surface area contributed by atoms with Crippen LogP contribution in [0.2, 0.25) is 0 Å². The molecule has 0 unspecified atom stereocenters. The Kier molecular flexibility index (Phi) is 7.44. The second-order valence-corrected chi connectivity index (χ2v) is 9.34. The molecule has 0 saturated carbocycles. The van der Waals surface area contributed by atoms with Crippen molar-refractivity contribution in [2.75, 3.05) is 10.8 Å². The van der Waals surface area contributed by atoms with Crippen molar-refractivity contribution in [2.45, 2.75) is 44.6 Å². The van der Waals surface area contributed by atoms with Gasteiger partial charge in [-0.05, 0) is 56.7 Å². The molecule has 0 aromatic heterocycles. The summed E-state index contributed by atoms with van der Waals surface area (Å²) in [6.07, 6.45) is 1.79. The molecule has 1 atom stereocenters. The highest BCUT2D eigenvalue weighted by molar-refractivity contribution is 9.10. The fourth-order valence-corrected chi connectivity index (χ4v) is 4.40. The van der Waals surface area contributed by atoms with Crippen LogP contribution in [0.1, 0.15) is 32.3 Å². The van der Waals surface area contributed by atoms with E-state index < -0.39 is 10.0 Å². The molecule has 2 aromatic rings. The fourth-order valence-electron chi connectivity index (χ4n) is 2.72. The largest absolute Gasteiger partial charge is 0.352 e. The number of hydrogen-bond acceptors (Lipinski definition) is 3. The Morgan fingerprint density at radius 2 is 1.70 bits per heavy atom. The van der Waals surface area contributed by atoms with Crippen molar-refractivity contribution < 1.29 is 13.2 Å². The lowest BCUT2D eigenvalue weighted by Crippen LogP contribution is -2.43. The summed E-state index contributed by atoms with van der Waals surface area (Å²) in [6, 6.07) is 13.5. The van der Waals surface area contributed by atoms with Crippen molar-refractivity contribution >= 4 is 37.5 Å². The van der Waals surface area contributed by atoms with Gasteiger partial charge in [-0.15, -0.1) is 0 Å². The van der Waals surface area contributed by atoms with E-state index in [2.05, 4.69) is 21.2 Å². The molecular weight excluding hydrogens is 428 g/mol. The van der Waals surface area contributed by atoms with E-state index >= 15 is 0 Å². The van der Waals surface area contributed by atoms with Crippen molar-refractivity contribution in [2.24, 2.45) is 0 Å². The predicted octanol–water partition coefficient (Wildman–Crippen LogP) is 4.26. The molecule has 0 saturated heterocycles. The summed E-state index contributed by atoms with van der Waals surface area (Å²) in [6.45, 7) is 5.58. The van der Waals surface area contributed by atoms with E-state index in [0.717, 1.165) is 27.2 Å². The first-order valence-corrected chi connectivity index (χ1v) is 11.1. The summed E-state index contributed by atoms with van der Waals surface area (Å²) < 4.78 is 28.4. The predicted molar refractivity (Wildman–Crippen MR) is 112 cm³/mol. The fraction of sp³-hybridized carbons (Fsp3) is 0.350. The van der Waals surface area contributed by atoms with Gasteiger partial charge in [0.25, 0.3) is 10.0 Å². The summed E-state index contributed by atoms with van der Waals surface area (Å²) in [7, 11) is -3.87. The zero-order valence-corrected chi connectivity index (χ0v) is 18.2. The number of benzene rings is 2. The third-order valence-corrected chi connectivity index (χ3v) is 6.46. The molecule has 5 nitrogen and oxygen atoms in total. The number of rotatable bonds is 8. The lowest BCUT2D eigenvalue weighted by atomic mass is 10.2. The monoisotopic (exact) mass is 452 g/mol. The minimum Gasteiger partial charge on any atom is -0.352 e. The van der Waals surface area contributed by atoms with Crippen LogP contribution >= 0.6 is 15.9 Å². The number of anilines is 1. The second kappa shape index (κ2) is 9.37. The van der Waals surface area contributed by atoms with Crippen LogP contribution in [0.3, 0.4) is 0 Å². The zero-order chi connectivity index (χ0) is 20.0. The molecule has 146 valence electrons. The van der Waals surface area contributed by atoms with Crippen molar-refractivity contribution in [3.8, 4) is 0 Å². The molecule has 0 bridgehead atoms. The maximum absolute atomic E-state index is 13.2. The van der Waals surface area contributed by atoms with Gasteiger partial charge in [-0.3, -0.25) is 9.10 Å². The van der Waals surface area contributed by atoms with Crippen molar-refractivity contribution in [1.29, 1.82) is 0 Å². The molecular formula is C20H25BrN2O3S. The van der Waals surface area contributed by atoms with Crippen LogP contribution in [0, 0.1) is 6.92 Å². The third-order valence-electron chi connectivity index (χ3n) is 4.14. The smallest absolute Gasteiger partial charge is 0.264 e. The molecule has 0 aliphatic carbocycles. The third kappa shape index (κ3) is 5.81. The van der Waals surface area contributed by atoms with Crippen LogP contribution in [0.25, 0.3) is 0 Å². The van der Waals surface area contributed by atoms with Gasteiger partial charge in [-0.25, -0.2) is 8.42 Å². The number of sulfonamides is 1. The molecule has 0 aliphatic heterocycles. The molecule has 0 radical (unpaired) electrons. The molecule has 0 fully saturated rings. The Bertz CT molecular complexity index is 865. The highest BCUT2D eigenvalue weighted by Gasteiger charge is 2.27. The lowest BCUT2D eigenvalue weighted by molar-refractivity contribution is -0.120. The Morgan fingerprint density at radius 1 is 1.11 bits per heavy atom. The Balaban J connectivity index is 2.36. The summed E-state index contributed by atoms with van der Waals surface area (Å²) in [4.78, 5) is 12.6. The summed E-state index contributed by atoms with van der Waals surface area (Å²) >= 11 is 3.35. The van der Waals surface area contributed by atoms with Crippen molar-refractivity contribution in [1.82, 2.24) is 5.32 Å². The minimum absolute atomic E-state index is 0.00338. The first-order chi connectivity index (χ1) is 12.7. The molecule has 2 aromatic carbocycles. The Labute approximate surface area is 170 Å². The first-order valence-electron chi connectivity index (χ1n) is 8.88. The van der Waals surface area contributed by atoms with Crippen LogP contribution in [0.4, 0.5) is 5.69 Å². The molecule has 2 rings (SSSR count). The van der Waals surface area contributed by atoms with Gasteiger partial charge in [0.2, 0.25) is 5.91 Å². The van der Waals surface area contributed by atoms with Gasteiger partial charge in [-0.2, -0.15) is 0 Å². The number of nitrogens with zero attached hydrogens (tertiary/aromatic N) is 1. The van der Waals surface area contributed by atoms with Gasteiger partial charge in [0, 0.05) is 10.5 Å². The maximum Gasteiger partial charge on any atom is 0.264 e. The number of aryl methyl sites for hydroxylation is 1. The molecule has 27 heavy (non-hydrogen) atoms. The average molecular weight is 453 g/mol. The molecule has 0 heterocycles. The molecule has 0 aliphatic rings. The topological polar surface area (TPSA) is 66.5 Å². The van der Waals surface area contributed by atoms with Gasteiger partial charge in [0.05, 0.1) is 10.6 Å². The highest BCUT2D eigenvalue weighted by Crippen LogP contribution is 2.25. The molecule has 1 amide bonds. The van der Waals surface area contributed by atoms with Crippen LogP contribution in [0.5, 0.6) is 0 Å². The molecule has 0 spiro atoms. The van der Waals surface area contributed by atoms with Gasteiger partial charge in [0.15, 0.2) is 0 Å². The van der Waals surface area contributed by atoms with E-state index in [1.807, 2.05) is 20.8 Å². The quantitative estimate of drug-likeness (QED) is 0.650. The molecule has 1 N–H and O–H groups in total. The molecule has 7 heteroatoms. The van der Waals surface area contributed by atoms with E-state index in [0.29, 0.717) is 5.69 Å². The van der Waals surface area contributed by atoms with E-state index in [1.54, 1.807) is 48.5 Å². The number of carbonyl (C=O) groups is 1. The Morgan fingerprint density at radius 3 is 2.26 bits per heavy atom. The number of halogens is 1. The summed E-state index contributed by atoms with van der Waals surface area (Å²) in [5.74, 6) is -0.324. The number of amides is 1.